The zero-order valence-corrected chi connectivity index (χ0v) is 28.8. The summed E-state index contributed by atoms with van der Waals surface area (Å²) in [4.78, 5) is 32.3. The third-order valence-corrected chi connectivity index (χ3v) is 9.56. The van der Waals surface area contributed by atoms with E-state index in [4.69, 9.17) is 40.0 Å². The van der Waals surface area contributed by atoms with Gasteiger partial charge in [-0.15, -0.1) is 5.10 Å². The van der Waals surface area contributed by atoms with Gasteiger partial charge in [-0.3, -0.25) is 4.90 Å². The summed E-state index contributed by atoms with van der Waals surface area (Å²) in [5, 5.41) is 4.44. The summed E-state index contributed by atoms with van der Waals surface area (Å²) in [5.74, 6) is -2.51. The molecule has 250 valence electrons. The van der Waals surface area contributed by atoms with E-state index in [9.17, 15) is 14.2 Å². The van der Waals surface area contributed by atoms with Crippen LogP contribution in [0.15, 0.2) is 12.1 Å². The number of anilines is 1. The smallest absolute Gasteiger partial charge is 0.416 e. The van der Waals surface area contributed by atoms with Gasteiger partial charge in [0.25, 0.3) is 0 Å². The minimum atomic E-state index is -3.02. The number of nitrogens with zero attached hydrogens (tertiary/aromatic N) is 4. The predicted molar refractivity (Wildman–Crippen MR) is 166 cm³/mol. The highest BCUT2D eigenvalue weighted by molar-refractivity contribution is 7.63. The molecule has 0 radical (unpaired) electrons. The van der Waals surface area contributed by atoms with Gasteiger partial charge in [0.2, 0.25) is 11.1 Å². The van der Waals surface area contributed by atoms with Gasteiger partial charge >= 0.3 is 12.1 Å². The molecule has 2 aromatic rings. The van der Waals surface area contributed by atoms with Crippen LogP contribution in [0.4, 0.5) is 10.6 Å². The molecule has 5 atom stereocenters. The van der Waals surface area contributed by atoms with Crippen molar-refractivity contribution in [1.29, 1.82) is 0 Å². The van der Waals surface area contributed by atoms with Crippen molar-refractivity contribution in [3.05, 3.63) is 23.1 Å². The summed E-state index contributed by atoms with van der Waals surface area (Å²) in [7, 11) is -3.02. The number of hydrogen-bond acceptors (Lipinski definition) is 11. The number of esters is 1. The molecule has 3 fully saturated rings. The van der Waals surface area contributed by atoms with E-state index in [0.717, 1.165) is 25.7 Å². The maximum Gasteiger partial charge on any atom is 0.416 e. The number of aromatic nitrogens is 3. The van der Waals surface area contributed by atoms with E-state index in [1.165, 1.54) is 13.3 Å². The molecule has 5 rings (SSSR count). The van der Waals surface area contributed by atoms with Crippen molar-refractivity contribution in [3.63, 3.8) is 0 Å². The second kappa shape index (κ2) is 12.7. The fourth-order valence-electron chi connectivity index (χ4n) is 6.20. The summed E-state index contributed by atoms with van der Waals surface area (Å²) in [6.07, 6.45) is 0.594. The van der Waals surface area contributed by atoms with Crippen LogP contribution >= 0.6 is 18.7 Å². The number of rotatable bonds is 9. The lowest BCUT2D eigenvalue weighted by Gasteiger charge is -2.31. The fraction of sp³-hybridized carbons (Fsp3) is 0.733. The zero-order chi connectivity index (χ0) is 32.9. The summed E-state index contributed by atoms with van der Waals surface area (Å²) < 4.78 is 50.4. The van der Waals surface area contributed by atoms with Gasteiger partial charge in [0.1, 0.15) is 42.7 Å². The van der Waals surface area contributed by atoms with Crippen molar-refractivity contribution in [2.45, 2.75) is 115 Å². The van der Waals surface area contributed by atoms with Gasteiger partial charge in [-0.05, 0) is 91.4 Å². The average Bonchev–Trinajstić information content (AvgIpc) is 3.67. The summed E-state index contributed by atoms with van der Waals surface area (Å²) >= 11 is 6.51. The number of halogens is 1. The third kappa shape index (κ3) is 7.34. The number of amides is 1. The Morgan fingerprint density at radius 3 is 2.47 bits per heavy atom. The van der Waals surface area contributed by atoms with Gasteiger partial charge in [0.05, 0.1) is 18.9 Å². The topological polar surface area (TPSA) is 140 Å². The zero-order valence-electron chi connectivity index (χ0n) is 27.1. The molecule has 13 nitrogen and oxygen atoms in total. The van der Waals surface area contributed by atoms with Crippen LogP contribution in [-0.4, -0.2) is 94.8 Å². The van der Waals surface area contributed by atoms with Gasteiger partial charge in [-0.25, -0.2) is 14.1 Å². The molecule has 3 aliphatic rings. The van der Waals surface area contributed by atoms with Crippen molar-refractivity contribution in [3.8, 4) is 0 Å². The van der Waals surface area contributed by atoms with Crippen molar-refractivity contribution < 1.29 is 42.6 Å². The van der Waals surface area contributed by atoms with Crippen molar-refractivity contribution in [1.82, 2.24) is 14.6 Å². The van der Waals surface area contributed by atoms with Crippen LogP contribution in [0.3, 0.4) is 0 Å². The predicted octanol–water partition coefficient (Wildman–Crippen LogP) is 5.56. The largest absolute Gasteiger partial charge is 0.464 e. The molecule has 2 unspecified atom stereocenters. The average molecular weight is 671 g/mol. The molecule has 1 saturated carbocycles. The molecule has 2 aromatic heterocycles. The minimum absolute atomic E-state index is 0.0567. The van der Waals surface area contributed by atoms with Crippen LogP contribution in [0.25, 0.3) is 5.52 Å². The molecule has 1 aliphatic carbocycles. The van der Waals surface area contributed by atoms with Crippen LogP contribution in [0, 0.1) is 0 Å². The molecule has 0 N–H and O–H groups in total. The number of hydrogen-bond donors (Lipinski definition) is 0. The van der Waals surface area contributed by atoms with Gasteiger partial charge in [-0.2, -0.15) is 4.98 Å². The molecule has 1 amide bonds. The molecule has 45 heavy (non-hydrogen) atoms. The Morgan fingerprint density at radius 2 is 1.84 bits per heavy atom. The highest BCUT2D eigenvalue weighted by atomic mass is 35.5. The van der Waals surface area contributed by atoms with Crippen molar-refractivity contribution >= 4 is 42.1 Å². The van der Waals surface area contributed by atoms with E-state index in [1.54, 1.807) is 16.3 Å². The molecule has 0 spiro atoms. The van der Waals surface area contributed by atoms with Crippen LogP contribution in [0.2, 0.25) is 5.28 Å². The molecule has 15 heteroatoms. The van der Waals surface area contributed by atoms with E-state index in [0.29, 0.717) is 17.0 Å². The first-order valence-corrected chi connectivity index (χ1v) is 18.5. The second-order valence-electron chi connectivity index (χ2n) is 13.6. The lowest BCUT2D eigenvalue weighted by molar-refractivity contribution is -0.195. The van der Waals surface area contributed by atoms with Gasteiger partial charge < -0.3 is 33.0 Å². The number of ether oxygens (including phenoxy) is 6. The molecular weight excluding hydrogens is 627 g/mol. The fourth-order valence-corrected chi connectivity index (χ4v) is 7.39. The van der Waals surface area contributed by atoms with E-state index in [-0.39, 0.29) is 24.5 Å². The molecule has 4 heterocycles. The first-order chi connectivity index (χ1) is 21.0. The summed E-state index contributed by atoms with van der Waals surface area (Å²) in [5.41, 5.74) is 0.439. The molecule has 0 aromatic carbocycles. The van der Waals surface area contributed by atoms with E-state index < -0.39 is 60.9 Å². The van der Waals surface area contributed by atoms with Gasteiger partial charge in [-0.1, -0.05) is 12.8 Å². The van der Waals surface area contributed by atoms with Crippen molar-refractivity contribution in [2.75, 3.05) is 31.4 Å². The minimum Gasteiger partial charge on any atom is -0.464 e. The molecule has 0 bridgehead atoms. The SMILES string of the molecule is CCOC(=O)C(OC[C@H]1OC(c2ccc3c(N(C(=O)OC(C)(C)C)C4CCCC4)nc(Cl)nn23)[C@@H]2OC(C)(C)O[C@H]12)P(C)(C)=O. The van der Waals surface area contributed by atoms with E-state index >= 15 is 0 Å². The Balaban J connectivity index is 1.49. The Hall–Kier alpha value is -2.28. The number of carbonyl (C=O) groups is 2. The quantitative estimate of drug-likeness (QED) is 0.245. The lowest BCUT2D eigenvalue weighted by atomic mass is 10.1. The van der Waals surface area contributed by atoms with Crippen molar-refractivity contribution in [2.24, 2.45) is 0 Å². The van der Waals surface area contributed by atoms with Crippen LogP contribution in [0.5, 0.6) is 0 Å². The maximum absolute atomic E-state index is 13.6. The van der Waals surface area contributed by atoms with E-state index in [1.807, 2.05) is 46.8 Å². The lowest BCUT2D eigenvalue weighted by Crippen LogP contribution is -2.43. The summed E-state index contributed by atoms with van der Waals surface area (Å²) in [6.45, 7) is 13.8. The first-order valence-electron chi connectivity index (χ1n) is 15.4. The van der Waals surface area contributed by atoms with Crippen LogP contribution < -0.4 is 4.90 Å². The number of carbonyl (C=O) groups excluding carboxylic acids is 2. The monoisotopic (exact) mass is 670 g/mol. The van der Waals surface area contributed by atoms with Crippen LogP contribution in [-0.2, 0) is 37.8 Å². The standard InChI is InChI=1S/C30H44ClN4O9P/c1-9-39-25(36)26(45(7,8)38)40-16-20-22-23(43-30(5,6)42-22)21(41-20)18-14-15-19-24(32-27(31)33-35(18)19)34(17-12-10-11-13-17)28(37)44-29(2,3)4/h14-15,17,20-23,26H,9-13,16H2,1-8H3/t20-,21?,22-,23+,26?/m1/s1. The maximum atomic E-state index is 13.6. The Kier molecular flexibility index (Phi) is 9.64. The second-order valence-corrected chi connectivity index (χ2v) is 17.3. The first kappa shape index (κ1) is 34.1. The molecular formula is C30H44ClN4O9P. The normalized spacial score (nSPS) is 25.8. The Morgan fingerprint density at radius 1 is 1.18 bits per heavy atom. The molecule has 2 aliphatic heterocycles. The highest BCUT2D eigenvalue weighted by Gasteiger charge is 2.56. The number of fused-ring (bicyclic) bond motifs is 2. The van der Waals surface area contributed by atoms with Crippen LogP contribution in [0.1, 0.15) is 79.0 Å². The Bertz CT molecular complexity index is 1470. The highest BCUT2D eigenvalue weighted by Crippen LogP contribution is 2.48. The third-order valence-electron chi connectivity index (χ3n) is 7.92. The molecule has 2 saturated heterocycles. The summed E-state index contributed by atoms with van der Waals surface area (Å²) in [6, 6.07) is 3.55. The Labute approximate surface area is 268 Å². The van der Waals surface area contributed by atoms with Gasteiger partial charge in [0, 0.05) is 6.04 Å². The van der Waals surface area contributed by atoms with Gasteiger partial charge in [0.15, 0.2) is 11.6 Å². The van der Waals surface area contributed by atoms with E-state index in [2.05, 4.69) is 10.1 Å².